The van der Waals surface area contributed by atoms with Crippen molar-refractivity contribution in [1.29, 1.82) is 0 Å². The van der Waals surface area contributed by atoms with Gasteiger partial charge in [0.1, 0.15) is 5.75 Å². The summed E-state index contributed by atoms with van der Waals surface area (Å²) in [5, 5.41) is 2.91. The van der Waals surface area contributed by atoms with Crippen molar-refractivity contribution >= 4 is 27.5 Å². The lowest BCUT2D eigenvalue weighted by Gasteiger charge is -2.21. The number of hydrogen-bond donors (Lipinski definition) is 1. The highest BCUT2D eigenvalue weighted by Gasteiger charge is 2.13. The molecule has 1 N–H and O–H groups in total. The van der Waals surface area contributed by atoms with Crippen LogP contribution in [0.2, 0.25) is 0 Å². The predicted molar refractivity (Wildman–Crippen MR) is 105 cm³/mol. The number of amides is 1. The second kappa shape index (κ2) is 9.04. The number of carbonyl (C=O) groups is 1. The Labute approximate surface area is 157 Å². The summed E-state index contributed by atoms with van der Waals surface area (Å²) < 4.78 is 6.74. The number of anilines is 1. The van der Waals surface area contributed by atoms with Gasteiger partial charge >= 0.3 is 0 Å². The number of nitrogens with one attached hydrogen (secondary N) is 1. The monoisotopic (exact) mass is 401 g/mol. The van der Waals surface area contributed by atoms with E-state index in [-0.39, 0.29) is 5.91 Å². The van der Waals surface area contributed by atoms with E-state index in [1.54, 1.807) is 12.1 Å². The molecule has 0 bridgehead atoms. The Morgan fingerprint density at radius 2 is 1.84 bits per heavy atom. The molecule has 2 aromatic rings. The molecule has 1 aliphatic rings. The SMILES string of the molecule is O=C(Nc1ccc(OCCC2CCCCC2)cc1)c1cccc(Br)c1. The molecule has 3 nitrogen and oxygen atoms in total. The van der Waals surface area contributed by atoms with Gasteiger partial charge in [-0.2, -0.15) is 0 Å². The summed E-state index contributed by atoms with van der Waals surface area (Å²) in [6, 6.07) is 14.9. The molecule has 132 valence electrons. The van der Waals surface area contributed by atoms with E-state index < -0.39 is 0 Å². The molecule has 1 fully saturated rings. The molecule has 0 spiro atoms. The van der Waals surface area contributed by atoms with E-state index >= 15 is 0 Å². The molecule has 0 aliphatic heterocycles. The molecule has 4 heteroatoms. The molecule has 0 saturated heterocycles. The van der Waals surface area contributed by atoms with E-state index in [1.165, 1.54) is 32.1 Å². The molecule has 2 aromatic carbocycles. The highest BCUT2D eigenvalue weighted by atomic mass is 79.9. The molecular weight excluding hydrogens is 378 g/mol. The van der Waals surface area contributed by atoms with Gasteiger partial charge in [0, 0.05) is 15.7 Å². The Bertz CT molecular complexity index is 693. The van der Waals surface area contributed by atoms with Crippen LogP contribution in [0.25, 0.3) is 0 Å². The summed E-state index contributed by atoms with van der Waals surface area (Å²) in [6.45, 7) is 0.772. The van der Waals surface area contributed by atoms with Crippen LogP contribution in [-0.2, 0) is 0 Å². The van der Waals surface area contributed by atoms with Crippen molar-refractivity contribution in [3.05, 3.63) is 58.6 Å². The molecule has 1 aliphatic carbocycles. The van der Waals surface area contributed by atoms with Crippen LogP contribution in [0.5, 0.6) is 5.75 Å². The average Bonchev–Trinajstić information content (AvgIpc) is 2.64. The van der Waals surface area contributed by atoms with E-state index in [0.717, 1.165) is 34.9 Å². The van der Waals surface area contributed by atoms with Crippen molar-refractivity contribution in [2.75, 3.05) is 11.9 Å². The van der Waals surface area contributed by atoms with Crippen LogP contribution in [0.1, 0.15) is 48.9 Å². The number of carbonyl (C=O) groups excluding carboxylic acids is 1. The van der Waals surface area contributed by atoms with Crippen molar-refractivity contribution in [2.24, 2.45) is 5.92 Å². The zero-order valence-corrected chi connectivity index (χ0v) is 15.9. The summed E-state index contributed by atoms with van der Waals surface area (Å²) in [6.07, 6.45) is 7.98. The first-order chi connectivity index (χ1) is 12.2. The van der Waals surface area contributed by atoms with Crippen molar-refractivity contribution in [3.8, 4) is 5.75 Å². The molecule has 0 unspecified atom stereocenters. The fourth-order valence-corrected chi connectivity index (χ4v) is 3.69. The highest BCUT2D eigenvalue weighted by molar-refractivity contribution is 9.10. The third kappa shape index (κ3) is 5.60. The fourth-order valence-electron chi connectivity index (χ4n) is 3.29. The third-order valence-corrected chi connectivity index (χ3v) is 5.21. The molecule has 3 rings (SSSR count). The third-order valence-electron chi connectivity index (χ3n) is 4.72. The van der Waals surface area contributed by atoms with E-state index in [1.807, 2.05) is 36.4 Å². The first-order valence-corrected chi connectivity index (χ1v) is 9.80. The summed E-state index contributed by atoms with van der Waals surface area (Å²) in [4.78, 5) is 12.2. The number of rotatable bonds is 6. The minimum Gasteiger partial charge on any atom is -0.494 e. The minimum atomic E-state index is -0.118. The molecule has 0 atom stereocenters. The number of benzene rings is 2. The maximum atomic E-state index is 12.2. The van der Waals surface area contributed by atoms with E-state index in [4.69, 9.17) is 4.74 Å². The van der Waals surface area contributed by atoms with E-state index in [9.17, 15) is 4.79 Å². The predicted octanol–water partition coefficient (Wildman–Crippen LogP) is 6.05. The van der Waals surface area contributed by atoms with Crippen LogP contribution in [0.3, 0.4) is 0 Å². The zero-order valence-electron chi connectivity index (χ0n) is 14.3. The average molecular weight is 402 g/mol. The van der Waals surface area contributed by atoms with Gasteiger partial charge in [0.25, 0.3) is 5.91 Å². The smallest absolute Gasteiger partial charge is 0.255 e. The minimum absolute atomic E-state index is 0.118. The Hall–Kier alpha value is -1.81. The van der Waals surface area contributed by atoms with Gasteiger partial charge in [0.05, 0.1) is 6.61 Å². The quantitative estimate of drug-likeness (QED) is 0.639. The summed E-state index contributed by atoms with van der Waals surface area (Å²) >= 11 is 3.38. The molecule has 1 saturated carbocycles. The molecule has 0 heterocycles. The van der Waals surface area contributed by atoms with Crippen LogP contribution in [0.4, 0.5) is 5.69 Å². The summed E-state index contributed by atoms with van der Waals surface area (Å²) in [7, 11) is 0. The van der Waals surface area contributed by atoms with Gasteiger partial charge < -0.3 is 10.1 Å². The van der Waals surface area contributed by atoms with Crippen LogP contribution >= 0.6 is 15.9 Å². The maximum Gasteiger partial charge on any atom is 0.255 e. The van der Waals surface area contributed by atoms with Gasteiger partial charge in [0.2, 0.25) is 0 Å². The Kier molecular flexibility index (Phi) is 6.51. The van der Waals surface area contributed by atoms with Crippen molar-refractivity contribution in [2.45, 2.75) is 38.5 Å². The second-order valence-electron chi connectivity index (χ2n) is 6.63. The maximum absolute atomic E-state index is 12.2. The van der Waals surface area contributed by atoms with Gasteiger partial charge in [-0.15, -0.1) is 0 Å². The van der Waals surface area contributed by atoms with Gasteiger partial charge in [-0.1, -0.05) is 54.1 Å². The molecular formula is C21H24BrNO2. The molecule has 25 heavy (non-hydrogen) atoms. The zero-order chi connectivity index (χ0) is 17.5. The lowest BCUT2D eigenvalue weighted by Crippen LogP contribution is -2.12. The van der Waals surface area contributed by atoms with Crippen molar-refractivity contribution in [1.82, 2.24) is 0 Å². The highest BCUT2D eigenvalue weighted by Crippen LogP contribution is 2.26. The molecule has 1 amide bonds. The normalized spacial score (nSPS) is 14.9. The largest absolute Gasteiger partial charge is 0.494 e. The topological polar surface area (TPSA) is 38.3 Å². The van der Waals surface area contributed by atoms with Crippen LogP contribution in [-0.4, -0.2) is 12.5 Å². The number of hydrogen-bond acceptors (Lipinski definition) is 2. The van der Waals surface area contributed by atoms with E-state index in [0.29, 0.717) is 5.56 Å². The first kappa shape index (κ1) is 18.0. The summed E-state index contributed by atoms with van der Waals surface area (Å²) in [5.41, 5.74) is 1.40. The van der Waals surface area contributed by atoms with Gasteiger partial charge in [0.15, 0.2) is 0 Å². The van der Waals surface area contributed by atoms with Crippen LogP contribution in [0, 0.1) is 5.92 Å². The van der Waals surface area contributed by atoms with Gasteiger partial charge in [-0.25, -0.2) is 0 Å². The van der Waals surface area contributed by atoms with Gasteiger partial charge in [-0.05, 0) is 54.8 Å². The van der Waals surface area contributed by atoms with Gasteiger partial charge in [-0.3, -0.25) is 4.79 Å². The fraction of sp³-hybridized carbons (Fsp3) is 0.381. The Morgan fingerprint density at radius 3 is 2.56 bits per heavy atom. The van der Waals surface area contributed by atoms with Crippen LogP contribution < -0.4 is 10.1 Å². The molecule has 0 radical (unpaired) electrons. The van der Waals surface area contributed by atoms with Crippen molar-refractivity contribution in [3.63, 3.8) is 0 Å². The Balaban J connectivity index is 1.47. The lowest BCUT2D eigenvalue weighted by atomic mass is 9.87. The second-order valence-corrected chi connectivity index (χ2v) is 7.55. The first-order valence-electron chi connectivity index (χ1n) is 9.00. The standard InChI is InChI=1S/C21H24BrNO2/c22-18-8-4-7-17(15-18)21(24)23-19-9-11-20(12-10-19)25-14-13-16-5-2-1-3-6-16/h4,7-12,15-16H,1-3,5-6,13-14H2,(H,23,24). The number of ether oxygens (including phenoxy) is 1. The van der Waals surface area contributed by atoms with Crippen LogP contribution in [0.15, 0.2) is 53.0 Å². The number of halogens is 1. The lowest BCUT2D eigenvalue weighted by molar-refractivity contribution is 0.102. The molecule has 0 aromatic heterocycles. The summed E-state index contributed by atoms with van der Waals surface area (Å²) in [5.74, 6) is 1.57. The van der Waals surface area contributed by atoms with Crippen molar-refractivity contribution < 1.29 is 9.53 Å². The Morgan fingerprint density at radius 1 is 1.08 bits per heavy atom. The van der Waals surface area contributed by atoms with E-state index in [2.05, 4.69) is 21.2 Å².